The number of carbonyl (C=O) groups is 1. The first-order chi connectivity index (χ1) is 13.4. The third-order valence-electron chi connectivity index (χ3n) is 3.90. The maximum absolute atomic E-state index is 13.2. The van der Waals surface area contributed by atoms with Gasteiger partial charge in [0.25, 0.3) is 10.0 Å². The van der Waals surface area contributed by atoms with E-state index in [2.05, 4.69) is 5.32 Å². The third-order valence-corrected chi connectivity index (χ3v) is 5.69. The van der Waals surface area contributed by atoms with Crippen molar-refractivity contribution in [1.29, 1.82) is 0 Å². The molecule has 0 bridgehead atoms. The molecule has 0 atom stereocenters. The number of sulfonamides is 1. The Kier molecular flexibility index (Phi) is 7.65. The summed E-state index contributed by atoms with van der Waals surface area (Å²) in [5.41, 5.74) is 0.281. The summed E-state index contributed by atoms with van der Waals surface area (Å²) in [4.78, 5) is 12.4. The zero-order chi connectivity index (χ0) is 20.6. The van der Waals surface area contributed by atoms with Crippen molar-refractivity contribution in [1.82, 2.24) is 5.32 Å². The van der Waals surface area contributed by atoms with Gasteiger partial charge >= 0.3 is 0 Å². The van der Waals surface area contributed by atoms with Gasteiger partial charge in [0, 0.05) is 19.7 Å². The van der Waals surface area contributed by atoms with Gasteiger partial charge in [0.2, 0.25) is 5.91 Å². The fourth-order valence-electron chi connectivity index (χ4n) is 2.49. The summed E-state index contributed by atoms with van der Waals surface area (Å²) in [5.74, 6) is 0.354. The number of amides is 1. The van der Waals surface area contributed by atoms with Crippen LogP contribution in [0.25, 0.3) is 0 Å². The van der Waals surface area contributed by atoms with Crippen LogP contribution in [0.1, 0.15) is 0 Å². The molecular weight excluding hydrogens is 384 g/mol. The van der Waals surface area contributed by atoms with Crippen LogP contribution in [-0.4, -0.2) is 55.4 Å². The summed E-state index contributed by atoms with van der Waals surface area (Å²) in [7, 11) is 0.475. The second-order valence-electron chi connectivity index (χ2n) is 5.71. The minimum atomic E-state index is -3.98. The lowest BCUT2D eigenvalue weighted by atomic mass is 10.2. The van der Waals surface area contributed by atoms with E-state index < -0.39 is 22.5 Å². The molecule has 0 saturated heterocycles. The van der Waals surface area contributed by atoms with E-state index in [-0.39, 0.29) is 17.1 Å². The SMILES string of the molecule is COCCNC(=O)CN(c1ccc(OC)c(OC)c1)S(=O)(=O)c1ccccc1. The Balaban J connectivity index is 2.43. The number of nitrogens with zero attached hydrogens (tertiary/aromatic N) is 1. The number of anilines is 1. The Bertz CT molecular complexity index is 887. The molecule has 1 N–H and O–H groups in total. The predicted molar refractivity (Wildman–Crippen MR) is 105 cm³/mol. The van der Waals surface area contributed by atoms with Crippen LogP contribution in [0.3, 0.4) is 0 Å². The summed E-state index contributed by atoms with van der Waals surface area (Å²) in [6, 6.07) is 12.6. The van der Waals surface area contributed by atoms with Gasteiger partial charge in [-0.25, -0.2) is 8.42 Å². The molecule has 0 aliphatic rings. The maximum atomic E-state index is 13.2. The number of nitrogens with one attached hydrogen (secondary N) is 1. The van der Waals surface area contributed by atoms with Crippen LogP contribution < -0.4 is 19.1 Å². The van der Waals surface area contributed by atoms with Crippen molar-refractivity contribution in [3.05, 3.63) is 48.5 Å². The number of benzene rings is 2. The smallest absolute Gasteiger partial charge is 0.264 e. The maximum Gasteiger partial charge on any atom is 0.264 e. The van der Waals surface area contributed by atoms with Gasteiger partial charge in [-0.3, -0.25) is 9.10 Å². The van der Waals surface area contributed by atoms with Crippen molar-refractivity contribution in [2.75, 3.05) is 45.3 Å². The summed E-state index contributed by atoms with van der Waals surface area (Å²) < 4.78 is 42.8. The van der Waals surface area contributed by atoms with Crippen molar-refractivity contribution in [3.63, 3.8) is 0 Å². The van der Waals surface area contributed by atoms with Crippen LogP contribution >= 0.6 is 0 Å². The number of carbonyl (C=O) groups excluding carboxylic acids is 1. The zero-order valence-corrected chi connectivity index (χ0v) is 16.9. The van der Waals surface area contributed by atoms with E-state index in [1.807, 2.05) is 0 Å². The first-order valence-electron chi connectivity index (χ1n) is 8.49. The Morgan fingerprint density at radius 2 is 1.68 bits per heavy atom. The number of methoxy groups -OCH3 is 3. The molecular formula is C19H24N2O6S. The molecule has 2 aromatic carbocycles. The molecule has 2 rings (SSSR count). The van der Waals surface area contributed by atoms with E-state index in [0.29, 0.717) is 18.1 Å². The third kappa shape index (κ3) is 5.14. The summed E-state index contributed by atoms with van der Waals surface area (Å²) in [6.45, 7) is 0.213. The first-order valence-corrected chi connectivity index (χ1v) is 9.93. The zero-order valence-electron chi connectivity index (χ0n) is 16.0. The molecule has 0 unspecified atom stereocenters. The first kappa shape index (κ1) is 21.5. The van der Waals surface area contributed by atoms with Gasteiger partial charge in [-0.15, -0.1) is 0 Å². The van der Waals surface area contributed by atoms with Crippen LogP contribution in [0.5, 0.6) is 11.5 Å². The van der Waals surface area contributed by atoms with Crippen molar-refractivity contribution < 1.29 is 27.4 Å². The molecule has 9 heteroatoms. The lowest BCUT2D eigenvalue weighted by Gasteiger charge is -2.25. The standard InChI is InChI=1S/C19H24N2O6S/c1-25-12-11-20-19(22)14-21(28(23,24)16-7-5-4-6-8-16)15-9-10-17(26-2)18(13-15)27-3/h4-10,13H,11-12,14H2,1-3H3,(H,20,22). The molecule has 0 aromatic heterocycles. The van der Waals surface area contributed by atoms with E-state index >= 15 is 0 Å². The van der Waals surface area contributed by atoms with Gasteiger partial charge in [-0.1, -0.05) is 18.2 Å². The molecule has 0 aliphatic carbocycles. The quantitative estimate of drug-likeness (QED) is 0.601. The molecule has 0 fully saturated rings. The van der Waals surface area contributed by atoms with Crippen molar-refractivity contribution >= 4 is 21.6 Å². The van der Waals surface area contributed by atoms with Crippen LogP contribution in [-0.2, 0) is 19.6 Å². The number of ether oxygens (including phenoxy) is 3. The van der Waals surface area contributed by atoms with E-state index in [1.54, 1.807) is 30.3 Å². The monoisotopic (exact) mass is 408 g/mol. The van der Waals surface area contributed by atoms with Gasteiger partial charge < -0.3 is 19.5 Å². The van der Waals surface area contributed by atoms with Gasteiger partial charge in [0.05, 0.1) is 31.4 Å². The molecule has 0 aliphatic heterocycles. The molecule has 28 heavy (non-hydrogen) atoms. The van der Waals surface area contributed by atoms with E-state index in [4.69, 9.17) is 14.2 Å². The second-order valence-corrected chi connectivity index (χ2v) is 7.57. The Hall–Kier alpha value is -2.78. The average molecular weight is 408 g/mol. The summed E-state index contributed by atoms with van der Waals surface area (Å²) in [6.07, 6.45) is 0. The number of hydrogen-bond acceptors (Lipinski definition) is 6. The van der Waals surface area contributed by atoms with E-state index in [0.717, 1.165) is 4.31 Å². The molecule has 152 valence electrons. The second kappa shape index (κ2) is 9.95. The highest BCUT2D eigenvalue weighted by atomic mass is 32.2. The fraction of sp³-hybridized carbons (Fsp3) is 0.316. The normalized spacial score (nSPS) is 11.0. The predicted octanol–water partition coefficient (Wildman–Crippen LogP) is 1.66. The fourth-order valence-corrected chi connectivity index (χ4v) is 3.93. The Morgan fingerprint density at radius 1 is 1.00 bits per heavy atom. The molecule has 8 nitrogen and oxygen atoms in total. The van der Waals surface area contributed by atoms with E-state index in [9.17, 15) is 13.2 Å². The largest absolute Gasteiger partial charge is 0.493 e. The van der Waals surface area contributed by atoms with Gasteiger partial charge in [-0.2, -0.15) is 0 Å². The number of hydrogen-bond donors (Lipinski definition) is 1. The summed E-state index contributed by atoms with van der Waals surface area (Å²) in [5, 5.41) is 2.63. The van der Waals surface area contributed by atoms with Crippen LogP contribution in [0, 0.1) is 0 Å². The van der Waals surface area contributed by atoms with Gasteiger partial charge in [0.1, 0.15) is 6.54 Å². The molecule has 0 saturated carbocycles. The molecule has 1 amide bonds. The average Bonchev–Trinajstić information content (AvgIpc) is 2.72. The van der Waals surface area contributed by atoms with Crippen LogP contribution in [0.2, 0.25) is 0 Å². The van der Waals surface area contributed by atoms with Crippen molar-refractivity contribution in [3.8, 4) is 11.5 Å². The molecule has 2 aromatic rings. The summed E-state index contributed by atoms with van der Waals surface area (Å²) >= 11 is 0. The molecule has 0 heterocycles. The highest BCUT2D eigenvalue weighted by molar-refractivity contribution is 7.92. The van der Waals surface area contributed by atoms with Crippen LogP contribution in [0.15, 0.2) is 53.4 Å². The Morgan fingerprint density at radius 3 is 2.29 bits per heavy atom. The van der Waals surface area contributed by atoms with Crippen LogP contribution in [0.4, 0.5) is 5.69 Å². The highest BCUT2D eigenvalue weighted by Crippen LogP contribution is 2.33. The lowest BCUT2D eigenvalue weighted by Crippen LogP contribution is -2.41. The van der Waals surface area contributed by atoms with Gasteiger partial charge in [-0.05, 0) is 24.3 Å². The minimum Gasteiger partial charge on any atom is -0.493 e. The van der Waals surface area contributed by atoms with E-state index in [1.165, 1.54) is 39.5 Å². The van der Waals surface area contributed by atoms with Crippen molar-refractivity contribution in [2.24, 2.45) is 0 Å². The van der Waals surface area contributed by atoms with Crippen molar-refractivity contribution in [2.45, 2.75) is 4.90 Å². The minimum absolute atomic E-state index is 0.0782. The molecule has 0 spiro atoms. The Labute approximate surface area is 165 Å². The number of rotatable bonds is 10. The molecule has 0 radical (unpaired) electrons. The highest BCUT2D eigenvalue weighted by Gasteiger charge is 2.27. The van der Waals surface area contributed by atoms with Gasteiger partial charge in [0.15, 0.2) is 11.5 Å². The lowest BCUT2D eigenvalue weighted by molar-refractivity contribution is -0.119. The topological polar surface area (TPSA) is 94.2 Å².